The first-order chi connectivity index (χ1) is 39.5. The second-order valence-corrected chi connectivity index (χ2v) is 23.8. The van der Waals surface area contributed by atoms with Crippen molar-refractivity contribution in [1.29, 1.82) is 0 Å². The Labute approximate surface area is 494 Å². The zero-order valence-electron chi connectivity index (χ0n) is 45.1. The number of aliphatic imine (C=N–C) groups is 3. The smallest absolute Gasteiger partial charge is 0.657 e. The maximum absolute atomic E-state index is 12.0. The number of nitrogens with one attached hydrogen (secondary N) is 1. The van der Waals surface area contributed by atoms with E-state index in [4.69, 9.17) is 44.9 Å². The van der Waals surface area contributed by atoms with Gasteiger partial charge in [-0.3, -0.25) is 18.9 Å². The summed E-state index contributed by atoms with van der Waals surface area (Å²) >= 11 is 0. The Hall–Kier alpha value is -7.70. The van der Waals surface area contributed by atoms with Crippen molar-refractivity contribution in [3.8, 4) is 0 Å². The van der Waals surface area contributed by atoms with E-state index < -0.39 is 59.7 Å². The third-order valence-electron chi connectivity index (χ3n) is 13.4. The molecular formula is C54H52AuN13O13P3+5. The molecule has 26 nitrogen and oxygen atoms in total. The number of pyridine rings is 3. The van der Waals surface area contributed by atoms with Gasteiger partial charge in [-0.05, 0) is 94.5 Å². The summed E-state index contributed by atoms with van der Waals surface area (Å²) in [5, 5.41) is 3.42. The van der Waals surface area contributed by atoms with Gasteiger partial charge in [0, 0.05) is 90.1 Å². The summed E-state index contributed by atoms with van der Waals surface area (Å²) in [6.07, 6.45) is 32.1. The van der Waals surface area contributed by atoms with Crippen LogP contribution in [0.4, 0.5) is 0 Å². The first-order valence-corrected chi connectivity index (χ1v) is 29.7. The number of rotatable bonds is 12. The molecular weight excluding hydrogens is 1330 g/mol. The van der Waals surface area contributed by atoms with Crippen LogP contribution in [0.5, 0.6) is 0 Å². The van der Waals surface area contributed by atoms with Gasteiger partial charge < -0.3 is 34.2 Å². The molecule has 0 amide bonds. The van der Waals surface area contributed by atoms with Crippen LogP contribution in [0.15, 0.2) is 211 Å². The molecule has 1 fully saturated rings. The number of allylic oxidation sites excluding steroid dienone is 11. The van der Waals surface area contributed by atoms with Gasteiger partial charge in [-0.1, -0.05) is 17.2 Å². The monoisotopic (exact) mass is 1380 g/mol. The third-order valence-corrected chi connectivity index (χ3v) is 17.2. The quantitative estimate of drug-likeness (QED) is 0.0257. The van der Waals surface area contributed by atoms with Crippen LogP contribution in [-0.2, 0) is 75.1 Å². The number of phosphoric ester groups is 1. The van der Waals surface area contributed by atoms with Crippen LogP contribution in [0.3, 0.4) is 0 Å². The Bertz CT molecular complexity index is 4200. The molecule has 84 heavy (non-hydrogen) atoms. The largest absolute Gasteiger partial charge is 3.00 e. The van der Waals surface area contributed by atoms with Crippen molar-refractivity contribution in [2.45, 2.75) is 31.7 Å². The van der Waals surface area contributed by atoms with E-state index in [1.807, 2.05) is 51.8 Å². The molecule has 5 N–H and O–H groups in total. The Morgan fingerprint density at radius 3 is 1.64 bits per heavy atom. The molecule has 30 heteroatoms. The molecule has 11 rings (SSSR count). The summed E-state index contributed by atoms with van der Waals surface area (Å²) in [7, 11) is -8.58. The molecule has 5 atom stereocenters. The third kappa shape index (κ3) is 13.9. The number of H-pyrrole nitrogens is 1. The fourth-order valence-electron chi connectivity index (χ4n) is 9.44. The van der Waals surface area contributed by atoms with Crippen molar-refractivity contribution in [2.75, 3.05) is 13.7 Å². The SMILES string of the molecule is CN1C=CC(=C2C3=NC(=C(c4cc[n+](C)cc4)C4=NC(=C(c5cc[n+](C)cc5)c5ccc([n-]5)C(c5cc[n+](C)cc5)=C5C=CC2=N5)C=C4)C=C3)C=C1.Cc1cn([C@H]2C[C@H](N=[N+]=[N-])[C@@H](COP(=O)(O)OP(=O)(O)OP(=O)(O)O)O2)c(=O)[nH]c1=O.[Au+3]. The van der Waals surface area contributed by atoms with Crippen LogP contribution in [0.1, 0.15) is 46.3 Å². The second kappa shape index (κ2) is 24.9. The van der Waals surface area contributed by atoms with E-state index in [-0.39, 0.29) is 34.4 Å². The summed E-state index contributed by atoms with van der Waals surface area (Å²) < 4.78 is 57.9. The van der Waals surface area contributed by atoms with Crippen molar-refractivity contribution >= 4 is 57.3 Å². The van der Waals surface area contributed by atoms with Crippen LogP contribution >= 0.6 is 23.5 Å². The average molecular weight is 1380 g/mol. The normalized spacial score (nSPS) is 20.3. The summed E-state index contributed by atoms with van der Waals surface area (Å²) in [4.78, 5) is 87.2. The second-order valence-electron chi connectivity index (χ2n) is 19.4. The van der Waals surface area contributed by atoms with Gasteiger partial charge in [-0.2, -0.15) is 8.62 Å². The molecule has 0 saturated carbocycles. The topological polar surface area (TPSA) is 339 Å². The molecule has 8 bridgehead atoms. The van der Waals surface area contributed by atoms with Crippen molar-refractivity contribution in [3.63, 3.8) is 0 Å². The fourth-order valence-corrected chi connectivity index (χ4v) is 12.5. The molecule has 6 aliphatic heterocycles. The Balaban J connectivity index is 0.000000228. The number of fused-ring (bicyclic) bond motifs is 5. The predicted molar refractivity (Wildman–Crippen MR) is 302 cm³/mol. The van der Waals surface area contributed by atoms with Crippen molar-refractivity contribution < 1.29 is 87.2 Å². The zero-order valence-corrected chi connectivity index (χ0v) is 49.9. The van der Waals surface area contributed by atoms with Crippen molar-refractivity contribution in [1.82, 2.24) is 19.4 Å². The number of aromatic amines is 1. The minimum Gasteiger partial charge on any atom is -0.657 e. The van der Waals surface area contributed by atoms with Crippen LogP contribution in [0.2, 0.25) is 0 Å². The summed E-state index contributed by atoms with van der Waals surface area (Å²) in [5.41, 5.74) is 22.1. The maximum atomic E-state index is 12.0. The van der Waals surface area contributed by atoms with Gasteiger partial charge in [0.05, 0.1) is 53.0 Å². The van der Waals surface area contributed by atoms with E-state index in [0.717, 1.165) is 94.7 Å². The summed E-state index contributed by atoms with van der Waals surface area (Å²) in [5.74, 6) is 0. The van der Waals surface area contributed by atoms with E-state index in [1.54, 1.807) is 0 Å². The van der Waals surface area contributed by atoms with Crippen LogP contribution in [0.25, 0.3) is 27.2 Å². The molecule has 11 heterocycles. The van der Waals surface area contributed by atoms with Gasteiger partial charge >= 0.3 is 51.5 Å². The Kier molecular flexibility index (Phi) is 18.0. The number of nitrogens with zero attached hydrogens (tertiary/aromatic N) is 12. The first-order valence-electron chi connectivity index (χ1n) is 25.2. The number of hydrogen-bond donors (Lipinski definition) is 5. The van der Waals surface area contributed by atoms with Gasteiger partial charge in [0.2, 0.25) is 0 Å². The zero-order chi connectivity index (χ0) is 59.0. The van der Waals surface area contributed by atoms with E-state index in [1.165, 1.54) is 13.1 Å². The molecule has 0 aliphatic carbocycles. The first kappa shape index (κ1) is 60.9. The van der Waals surface area contributed by atoms with Crippen molar-refractivity contribution in [3.05, 3.63) is 246 Å². The molecule has 0 aromatic carbocycles. The molecule has 0 radical (unpaired) electrons. The van der Waals surface area contributed by atoms with Gasteiger partial charge in [0.1, 0.15) is 27.4 Å². The molecule has 6 aliphatic rings. The molecule has 1 saturated heterocycles. The number of ether oxygens (including phenoxy) is 1. The number of azide groups is 1. The van der Waals surface area contributed by atoms with E-state index in [0.29, 0.717) is 0 Å². The number of hydrogen-bond acceptors (Lipinski definition) is 14. The maximum Gasteiger partial charge on any atom is 3.00 e. The van der Waals surface area contributed by atoms with Crippen LogP contribution in [0, 0.1) is 6.92 Å². The standard InChI is InChI=1S/C44H36N8.C10H16N5O13P3.Au/c1-49-21-13-29(14-22-49)41-33-5-7-35(45-33)42(30-15-23-50(2)24-16-30)37-9-11-39(47-37)44(32-19-27-52(4)28-20-32)40-12-10-38(48-40)43(36-8-6-34(41)46-36)31-17-25-51(3)26-18-31;1-5-3-15(10(17)12-9(5)16)8-2-6(13-14-11)7(26-8)4-25-30(21,22)28-31(23,24)27-29(18,19)20;/h5-28H,1-4H3;3,6-8H,2,4H2,1H3,(H,21,22)(H,23,24)(H,12,16,17)(H2,18,19,20);/q+2;;+3/t;6-,7+,8+;/m.0./s1. The van der Waals surface area contributed by atoms with Gasteiger partial charge in [0.25, 0.3) is 5.56 Å². The van der Waals surface area contributed by atoms with Gasteiger partial charge in [-0.15, -0.1) is 11.4 Å². The Morgan fingerprint density at radius 2 is 1.17 bits per heavy atom. The number of aromatic nitrogens is 6. The minimum absolute atomic E-state index is 0. The van der Waals surface area contributed by atoms with Gasteiger partial charge in [0.15, 0.2) is 37.2 Å². The number of phosphoric acid groups is 3. The van der Waals surface area contributed by atoms with Crippen LogP contribution < -0.4 is 29.9 Å². The Morgan fingerprint density at radius 1 is 0.702 bits per heavy atom. The minimum atomic E-state index is -5.70. The molecule has 432 valence electrons. The average Bonchev–Trinajstić information content (AvgIpc) is 3.43. The van der Waals surface area contributed by atoms with Gasteiger partial charge in [-0.25, -0.2) is 47.2 Å². The molecule has 5 aromatic heterocycles. The van der Waals surface area contributed by atoms with Crippen molar-refractivity contribution in [2.24, 2.45) is 41.2 Å². The number of aryl methyl sites for hydroxylation is 4. The molecule has 2 unspecified atom stereocenters. The molecule has 5 aromatic rings. The fraction of sp³-hybridized carbons (Fsp3) is 0.185. The van der Waals surface area contributed by atoms with E-state index in [2.05, 4.69) is 170 Å². The predicted octanol–water partition coefficient (Wildman–Crippen LogP) is 5.52. The summed E-state index contributed by atoms with van der Waals surface area (Å²) in [6, 6.07) is 15.9. The van der Waals surface area contributed by atoms with Crippen LogP contribution in [-0.4, -0.2) is 77.0 Å². The molecule has 0 spiro atoms. The summed E-state index contributed by atoms with van der Waals surface area (Å²) in [6.45, 7) is 0.544. The van der Waals surface area contributed by atoms with E-state index >= 15 is 0 Å². The van der Waals surface area contributed by atoms with E-state index in [9.17, 15) is 28.2 Å².